The molecule has 0 bridgehead atoms. The van der Waals surface area contributed by atoms with Crippen LogP contribution in [-0.4, -0.2) is 41.1 Å². The molecule has 0 saturated carbocycles. The second kappa shape index (κ2) is 7.29. The number of thiol groups is 1. The molecule has 1 fully saturated rings. The molecule has 27 heavy (non-hydrogen) atoms. The fourth-order valence-electron chi connectivity index (χ4n) is 3.66. The molecular formula is C21H21NO4S. The predicted octanol–water partition coefficient (Wildman–Crippen LogP) is 3.64. The number of ether oxygens (including phenoxy) is 2. The Hall–Kier alpha value is -2.44. The Balaban J connectivity index is 1.94. The van der Waals surface area contributed by atoms with Crippen LogP contribution in [0.2, 0.25) is 0 Å². The minimum atomic E-state index is -0.950. The lowest BCUT2D eigenvalue weighted by molar-refractivity contribution is 0.0342. The Morgan fingerprint density at radius 2 is 2.04 bits per heavy atom. The fourth-order valence-corrected chi connectivity index (χ4v) is 3.96. The summed E-state index contributed by atoms with van der Waals surface area (Å²) in [6.07, 6.45) is 0. The summed E-state index contributed by atoms with van der Waals surface area (Å²) in [5.74, 6) is -0.254. The van der Waals surface area contributed by atoms with E-state index in [0.717, 1.165) is 34.5 Å². The van der Waals surface area contributed by atoms with Crippen molar-refractivity contribution < 1.29 is 19.4 Å². The zero-order valence-corrected chi connectivity index (χ0v) is 15.9. The maximum Gasteiger partial charge on any atom is 0.335 e. The van der Waals surface area contributed by atoms with Gasteiger partial charge in [0.05, 0.1) is 18.7 Å². The number of aromatic carboxylic acids is 1. The highest BCUT2D eigenvalue weighted by atomic mass is 32.1. The molecule has 4 rings (SSSR count). The largest absolute Gasteiger partial charge is 0.488 e. The van der Waals surface area contributed by atoms with Crippen LogP contribution in [0.15, 0.2) is 48.2 Å². The van der Waals surface area contributed by atoms with E-state index in [9.17, 15) is 9.90 Å². The monoisotopic (exact) mass is 383 g/mol. The zero-order chi connectivity index (χ0) is 19.0. The molecule has 1 saturated heterocycles. The summed E-state index contributed by atoms with van der Waals surface area (Å²) in [4.78, 5) is 13.8. The van der Waals surface area contributed by atoms with Crippen molar-refractivity contribution in [1.29, 1.82) is 0 Å². The molecule has 1 N–H and O–H groups in total. The summed E-state index contributed by atoms with van der Waals surface area (Å²) in [5, 5.41) is 9.47. The number of rotatable bonds is 2. The van der Waals surface area contributed by atoms with Crippen LogP contribution >= 0.6 is 12.6 Å². The first kappa shape index (κ1) is 17.9. The van der Waals surface area contributed by atoms with Gasteiger partial charge < -0.3 is 19.5 Å². The molecule has 2 aromatic rings. The Kier molecular flexibility index (Phi) is 4.85. The minimum Gasteiger partial charge on any atom is -0.488 e. The van der Waals surface area contributed by atoms with Gasteiger partial charge in [0.1, 0.15) is 17.8 Å². The predicted molar refractivity (Wildman–Crippen MR) is 106 cm³/mol. The molecule has 0 aliphatic carbocycles. The van der Waals surface area contributed by atoms with Crippen molar-refractivity contribution in [2.45, 2.75) is 19.0 Å². The number of benzene rings is 2. The molecule has 5 nitrogen and oxygen atoms in total. The number of carboxylic acid groups (broad SMARTS) is 1. The normalized spacial score (nSPS) is 20.8. The molecule has 6 heteroatoms. The molecule has 2 aliphatic heterocycles. The van der Waals surface area contributed by atoms with Crippen molar-refractivity contribution in [1.82, 2.24) is 4.90 Å². The third kappa shape index (κ3) is 3.42. The van der Waals surface area contributed by atoms with Crippen molar-refractivity contribution in [3.8, 4) is 5.75 Å². The summed E-state index contributed by atoms with van der Waals surface area (Å²) in [5.41, 5.74) is 5.13. The van der Waals surface area contributed by atoms with E-state index in [2.05, 4.69) is 30.5 Å². The van der Waals surface area contributed by atoms with Crippen molar-refractivity contribution in [3.05, 3.63) is 70.4 Å². The van der Waals surface area contributed by atoms with Gasteiger partial charge in [0.15, 0.2) is 0 Å². The summed E-state index contributed by atoms with van der Waals surface area (Å²) >= 11 is 4.47. The van der Waals surface area contributed by atoms with Crippen LogP contribution in [0, 0.1) is 0 Å². The standard InChI is InChI=1S/C21H21NO4S/c1-13(22-8-9-25-19(27)11-22)20-16-5-3-2-4-15(16)12-26-18-7-6-14(21(23)24)10-17(18)20/h2-7,10,19,27H,8-9,11-12H2,1H3,(H,23,24)/b20-13-. The first-order valence-corrected chi connectivity index (χ1v) is 9.40. The maximum atomic E-state index is 11.5. The molecule has 0 aromatic heterocycles. The molecule has 2 aliphatic rings. The van der Waals surface area contributed by atoms with E-state index >= 15 is 0 Å². The van der Waals surface area contributed by atoms with Gasteiger partial charge in [0, 0.05) is 23.4 Å². The van der Waals surface area contributed by atoms with Crippen LogP contribution in [0.3, 0.4) is 0 Å². The third-order valence-corrected chi connectivity index (χ3v) is 5.36. The van der Waals surface area contributed by atoms with Gasteiger partial charge >= 0.3 is 5.97 Å². The molecular weight excluding hydrogens is 362 g/mol. The van der Waals surface area contributed by atoms with Gasteiger partial charge in [-0.25, -0.2) is 4.79 Å². The van der Waals surface area contributed by atoms with Gasteiger partial charge in [0.25, 0.3) is 0 Å². The first-order chi connectivity index (χ1) is 13.0. The lowest BCUT2D eigenvalue weighted by Gasteiger charge is -2.34. The van der Waals surface area contributed by atoms with Crippen LogP contribution in [0.5, 0.6) is 5.75 Å². The van der Waals surface area contributed by atoms with E-state index < -0.39 is 5.97 Å². The average Bonchev–Trinajstić information content (AvgIpc) is 2.83. The molecule has 0 spiro atoms. The molecule has 2 heterocycles. The van der Waals surface area contributed by atoms with Crippen LogP contribution < -0.4 is 4.74 Å². The van der Waals surface area contributed by atoms with Crippen LogP contribution in [0.1, 0.15) is 34.0 Å². The van der Waals surface area contributed by atoms with Crippen LogP contribution in [-0.2, 0) is 11.3 Å². The van der Waals surface area contributed by atoms with Crippen molar-refractivity contribution in [3.63, 3.8) is 0 Å². The van der Waals surface area contributed by atoms with Gasteiger partial charge in [-0.1, -0.05) is 24.3 Å². The highest BCUT2D eigenvalue weighted by Gasteiger charge is 2.26. The summed E-state index contributed by atoms with van der Waals surface area (Å²) in [6, 6.07) is 13.1. The SMILES string of the molecule is C/C(=C1\c2ccccc2COc2ccc(C(=O)O)cc21)N1CCOC(S)C1. The number of hydrogen-bond acceptors (Lipinski definition) is 5. The number of carbonyl (C=O) groups is 1. The number of fused-ring (bicyclic) bond motifs is 2. The lowest BCUT2D eigenvalue weighted by atomic mass is 9.91. The molecule has 2 aromatic carbocycles. The van der Waals surface area contributed by atoms with Crippen molar-refractivity contribution in [2.75, 3.05) is 19.7 Å². The van der Waals surface area contributed by atoms with Gasteiger partial charge in [-0.2, -0.15) is 0 Å². The van der Waals surface area contributed by atoms with Crippen LogP contribution in [0.4, 0.5) is 0 Å². The van der Waals surface area contributed by atoms with E-state index in [-0.39, 0.29) is 11.0 Å². The quantitative estimate of drug-likeness (QED) is 0.776. The van der Waals surface area contributed by atoms with Gasteiger partial charge in [-0.3, -0.25) is 0 Å². The van der Waals surface area contributed by atoms with Gasteiger partial charge in [-0.05, 0) is 36.2 Å². The third-order valence-electron chi connectivity index (χ3n) is 5.05. The minimum absolute atomic E-state index is 0.142. The second-order valence-corrected chi connectivity index (χ2v) is 7.27. The van der Waals surface area contributed by atoms with Crippen LogP contribution in [0.25, 0.3) is 5.57 Å². The Morgan fingerprint density at radius 1 is 1.22 bits per heavy atom. The van der Waals surface area contributed by atoms with E-state index in [1.165, 1.54) is 0 Å². The highest BCUT2D eigenvalue weighted by molar-refractivity contribution is 7.80. The molecule has 140 valence electrons. The number of allylic oxidation sites excluding steroid dienone is 1. The Bertz CT molecular complexity index is 924. The zero-order valence-electron chi connectivity index (χ0n) is 15.0. The maximum absolute atomic E-state index is 11.5. The first-order valence-electron chi connectivity index (χ1n) is 8.89. The average molecular weight is 383 g/mol. The summed E-state index contributed by atoms with van der Waals surface area (Å²) < 4.78 is 11.6. The van der Waals surface area contributed by atoms with E-state index in [1.54, 1.807) is 18.2 Å². The fraction of sp³-hybridized carbons (Fsp3) is 0.286. The number of hydrogen-bond donors (Lipinski definition) is 2. The number of morpholine rings is 1. The summed E-state index contributed by atoms with van der Waals surface area (Å²) in [7, 11) is 0. The number of nitrogens with zero attached hydrogens (tertiary/aromatic N) is 1. The smallest absolute Gasteiger partial charge is 0.335 e. The number of carboxylic acids is 1. The Morgan fingerprint density at radius 3 is 2.81 bits per heavy atom. The molecule has 1 atom stereocenters. The summed E-state index contributed by atoms with van der Waals surface area (Å²) in [6.45, 7) is 4.57. The van der Waals surface area contributed by atoms with E-state index in [4.69, 9.17) is 9.47 Å². The van der Waals surface area contributed by atoms with Crippen molar-refractivity contribution >= 4 is 24.2 Å². The van der Waals surface area contributed by atoms with Gasteiger partial charge in [-0.15, -0.1) is 12.6 Å². The lowest BCUT2D eigenvalue weighted by Crippen LogP contribution is -2.39. The van der Waals surface area contributed by atoms with E-state index in [0.29, 0.717) is 25.5 Å². The molecule has 0 radical (unpaired) electrons. The highest BCUT2D eigenvalue weighted by Crippen LogP contribution is 2.40. The van der Waals surface area contributed by atoms with Crippen molar-refractivity contribution in [2.24, 2.45) is 0 Å². The molecule has 1 unspecified atom stereocenters. The molecule has 0 amide bonds. The van der Waals surface area contributed by atoms with Gasteiger partial charge in [0.2, 0.25) is 0 Å². The second-order valence-electron chi connectivity index (χ2n) is 6.69. The van der Waals surface area contributed by atoms with E-state index in [1.807, 2.05) is 18.2 Å². The topological polar surface area (TPSA) is 59.0 Å². The Labute approximate surface area is 163 Å².